The average Bonchev–Trinajstić information content (AvgIpc) is 3.14. The first-order valence-corrected chi connectivity index (χ1v) is 13.4. The molecule has 3 aromatic rings. The number of hydrogen-bond acceptors (Lipinski definition) is 8. The van der Waals surface area contributed by atoms with Gasteiger partial charge in [-0.25, -0.2) is 13.4 Å². The Hall–Kier alpha value is -2.30. The molecule has 1 amide bonds. The van der Waals surface area contributed by atoms with Crippen LogP contribution in [0.4, 0.5) is 0 Å². The van der Waals surface area contributed by atoms with Crippen LogP contribution in [0.15, 0.2) is 34.1 Å². The van der Waals surface area contributed by atoms with Crippen molar-refractivity contribution in [2.24, 2.45) is 0 Å². The van der Waals surface area contributed by atoms with Crippen LogP contribution in [-0.4, -0.2) is 41.3 Å². The molecule has 7 rings (SSSR count). The number of benzene rings is 1. The molecule has 0 saturated heterocycles. The number of sulfone groups is 1. The number of amides is 1. The highest BCUT2D eigenvalue weighted by molar-refractivity contribution is 7.91. The minimum Gasteiger partial charge on any atom is -0.415 e. The zero-order valence-electron chi connectivity index (χ0n) is 17.1. The quantitative estimate of drug-likeness (QED) is 0.562. The number of aromatic nitrogens is 3. The van der Waals surface area contributed by atoms with Crippen molar-refractivity contribution in [2.45, 2.75) is 47.8 Å². The Balaban J connectivity index is 1.12. The molecule has 0 unspecified atom stereocenters. The van der Waals surface area contributed by atoms with Gasteiger partial charge in [0.05, 0.1) is 10.7 Å². The van der Waals surface area contributed by atoms with E-state index < -0.39 is 20.5 Å². The first-order chi connectivity index (χ1) is 15.1. The standard InChI is InChI=1S/C21H19ClN4O4S2/c1-32(28,29)21(6-7-21)17-26-25-16(30-17)15(27)24-20-9-19(10-20,11-20)18-23-14(8-31-18)12-2-4-13(22)5-3-12/h2-5,8H,6-7,9-11H2,1H3,(H,24,27). The van der Waals surface area contributed by atoms with Crippen LogP contribution >= 0.6 is 22.9 Å². The molecule has 166 valence electrons. The summed E-state index contributed by atoms with van der Waals surface area (Å²) in [6.45, 7) is 0. The van der Waals surface area contributed by atoms with E-state index in [1.54, 1.807) is 11.3 Å². The number of thiazole rings is 1. The number of halogens is 1. The maximum atomic E-state index is 12.7. The summed E-state index contributed by atoms with van der Waals surface area (Å²) in [5, 5.41) is 14.5. The lowest BCUT2D eigenvalue weighted by molar-refractivity contribution is -0.0813. The molecule has 1 aromatic carbocycles. The predicted molar refractivity (Wildman–Crippen MR) is 118 cm³/mol. The topological polar surface area (TPSA) is 115 Å². The Morgan fingerprint density at radius 3 is 2.47 bits per heavy atom. The highest BCUT2D eigenvalue weighted by Gasteiger charge is 2.70. The molecule has 0 radical (unpaired) electrons. The van der Waals surface area contributed by atoms with E-state index in [0.29, 0.717) is 17.9 Å². The Labute approximate surface area is 193 Å². The molecule has 1 N–H and O–H groups in total. The van der Waals surface area contributed by atoms with Crippen molar-refractivity contribution in [3.8, 4) is 11.3 Å². The van der Waals surface area contributed by atoms with Crippen molar-refractivity contribution in [2.75, 3.05) is 6.26 Å². The van der Waals surface area contributed by atoms with Gasteiger partial charge in [0, 0.05) is 33.2 Å². The Kier molecular flexibility index (Phi) is 4.06. The SMILES string of the molecule is CS(=O)(=O)C1(c2nnc(C(=O)NC34CC(c5nc(-c6ccc(Cl)cc6)cs5)(C3)C4)o2)CC1. The fourth-order valence-corrected chi connectivity index (χ4v) is 7.47. The van der Waals surface area contributed by atoms with E-state index in [4.69, 9.17) is 21.0 Å². The summed E-state index contributed by atoms with van der Waals surface area (Å²) in [5.74, 6) is -0.632. The van der Waals surface area contributed by atoms with Crippen LogP contribution in [0.5, 0.6) is 0 Å². The van der Waals surface area contributed by atoms with Gasteiger partial charge in [-0.05, 0) is 44.2 Å². The smallest absolute Gasteiger partial charge is 0.309 e. The molecule has 0 atom stereocenters. The molecule has 0 spiro atoms. The van der Waals surface area contributed by atoms with Crippen LogP contribution in [0.1, 0.15) is 53.7 Å². The maximum Gasteiger partial charge on any atom is 0.309 e. The van der Waals surface area contributed by atoms with Crippen LogP contribution in [0.2, 0.25) is 5.02 Å². The Morgan fingerprint density at radius 2 is 1.84 bits per heavy atom. The highest BCUT2D eigenvalue weighted by Crippen LogP contribution is 2.68. The normalized spacial score (nSPS) is 27.3. The lowest BCUT2D eigenvalue weighted by Crippen LogP contribution is -2.76. The number of hydrogen-bond donors (Lipinski definition) is 1. The summed E-state index contributed by atoms with van der Waals surface area (Å²) in [7, 11) is -3.38. The third-order valence-electron chi connectivity index (χ3n) is 6.93. The number of rotatable bonds is 6. The van der Waals surface area contributed by atoms with Gasteiger partial charge < -0.3 is 9.73 Å². The number of nitrogens with one attached hydrogen (secondary N) is 1. The number of carbonyl (C=O) groups is 1. The second-order valence-electron chi connectivity index (χ2n) is 9.27. The first-order valence-electron chi connectivity index (χ1n) is 10.2. The predicted octanol–water partition coefficient (Wildman–Crippen LogP) is 3.48. The van der Waals surface area contributed by atoms with E-state index in [9.17, 15) is 13.2 Å². The highest BCUT2D eigenvalue weighted by atomic mass is 35.5. The summed E-state index contributed by atoms with van der Waals surface area (Å²) in [6.07, 6.45) is 4.47. The van der Waals surface area contributed by atoms with Gasteiger partial charge in [0.15, 0.2) is 9.84 Å². The van der Waals surface area contributed by atoms with E-state index in [-0.39, 0.29) is 22.7 Å². The summed E-state index contributed by atoms with van der Waals surface area (Å²) < 4.78 is 28.4. The third-order valence-corrected chi connectivity index (χ3v) is 10.3. The van der Waals surface area contributed by atoms with Gasteiger partial charge in [0.1, 0.15) is 4.75 Å². The van der Waals surface area contributed by atoms with Crippen molar-refractivity contribution in [1.82, 2.24) is 20.5 Å². The molecule has 32 heavy (non-hydrogen) atoms. The summed E-state index contributed by atoms with van der Waals surface area (Å²) >= 11 is 7.61. The molecule has 8 nitrogen and oxygen atoms in total. The van der Waals surface area contributed by atoms with Crippen molar-refractivity contribution in [1.29, 1.82) is 0 Å². The van der Waals surface area contributed by atoms with Crippen molar-refractivity contribution >= 4 is 38.7 Å². The molecule has 11 heteroatoms. The molecular weight excluding hydrogens is 472 g/mol. The maximum absolute atomic E-state index is 12.7. The fourth-order valence-electron chi connectivity index (χ4n) is 5.07. The Bertz CT molecular complexity index is 1340. The van der Waals surface area contributed by atoms with Gasteiger partial charge in [-0.2, -0.15) is 0 Å². The monoisotopic (exact) mass is 490 g/mol. The number of nitrogens with zero attached hydrogens (tertiary/aromatic N) is 3. The van der Waals surface area contributed by atoms with Gasteiger partial charge in [0.25, 0.3) is 0 Å². The van der Waals surface area contributed by atoms with E-state index in [1.165, 1.54) is 0 Å². The lowest BCUT2D eigenvalue weighted by atomic mass is 9.39. The molecule has 4 fully saturated rings. The van der Waals surface area contributed by atoms with Gasteiger partial charge >= 0.3 is 11.8 Å². The van der Waals surface area contributed by atoms with Gasteiger partial charge in [-0.15, -0.1) is 21.5 Å². The summed E-state index contributed by atoms with van der Waals surface area (Å²) in [4.78, 5) is 17.5. The van der Waals surface area contributed by atoms with Crippen molar-refractivity contribution in [3.05, 3.63) is 51.5 Å². The van der Waals surface area contributed by atoms with E-state index in [1.807, 2.05) is 24.3 Å². The van der Waals surface area contributed by atoms with Crippen molar-refractivity contribution < 1.29 is 17.6 Å². The summed E-state index contributed by atoms with van der Waals surface area (Å²) in [6, 6.07) is 7.62. The second-order valence-corrected chi connectivity index (χ2v) is 12.9. The third kappa shape index (κ3) is 2.89. The molecule has 2 bridgehead atoms. The van der Waals surface area contributed by atoms with Gasteiger partial charge in [0.2, 0.25) is 5.89 Å². The minimum absolute atomic E-state index is 0.0109. The fraction of sp³-hybridized carbons (Fsp3) is 0.429. The second kappa shape index (κ2) is 6.39. The number of carbonyl (C=O) groups excluding carboxylic acids is 1. The van der Waals surface area contributed by atoms with E-state index in [0.717, 1.165) is 41.8 Å². The minimum atomic E-state index is -3.38. The van der Waals surface area contributed by atoms with Crippen LogP contribution < -0.4 is 5.32 Å². The van der Waals surface area contributed by atoms with Crippen LogP contribution in [-0.2, 0) is 20.0 Å². The lowest BCUT2D eigenvalue weighted by Gasteiger charge is -2.69. The van der Waals surface area contributed by atoms with Gasteiger partial charge in [-0.1, -0.05) is 23.7 Å². The van der Waals surface area contributed by atoms with Crippen LogP contribution in [0, 0.1) is 0 Å². The molecule has 4 saturated carbocycles. The molecular formula is C21H19ClN4O4S2. The zero-order chi connectivity index (χ0) is 22.4. The first kappa shape index (κ1) is 20.3. The molecule has 0 aliphatic heterocycles. The molecule has 4 aliphatic rings. The average molecular weight is 491 g/mol. The van der Waals surface area contributed by atoms with Gasteiger partial charge in [-0.3, -0.25) is 4.79 Å². The molecule has 4 aliphatic carbocycles. The zero-order valence-corrected chi connectivity index (χ0v) is 19.5. The van der Waals surface area contributed by atoms with E-state index >= 15 is 0 Å². The molecule has 2 heterocycles. The van der Waals surface area contributed by atoms with E-state index in [2.05, 4.69) is 20.9 Å². The molecule has 2 aromatic heterocycles. The largest absolute Gasteiger partial charge is 0.415 e. The van der Waals surface area contributed by atoms with Crippen LogP contribution in [0.3, 0.4) is 0 Å². The Morgan fingerprint density at radius 1 is 1.16 bits per heavy atom. The van der Waals surface area contributed by atoms with Crippen molar-refractivity contribution in [3.63, 3.8) is 0 Å². The summed E-state index contributed by atoms with van der Waals surface area (Å²) in [5.41, 5.74) is 1.69. The van der Waals surface area contributed by atoms with Crippen LogP contribution in [0.25, 0.3) is 11.3 Å².